The van der Waals surface area contributed by atoms with E-state index in [1.807, 2.05) is 60.7 Å². The van der Waals surface area contributed by atoms with Crippen molar-refractivity contribution in [1.82, 2.24) is 15.6 Å². The molecule has 146 valence electrons. The lowest BCUT2D eigenvalue weighted by Crippen LogP contribution is -2.26. The van der Waals surface area contributed by atoms with E-state index in [0.29, 0.717) is 34.7 Å². The van der Waals surface area contributed by atoms with Gasteiger partial charge in [-0.2, -0.15) is 0 Å². The van der Waals surface area contributed by atoms with Gasteiger partial charge in [-0.1, -0.05) is 53.7 Å². The van der Waals surface area contributed by atoms with Gasteiger partial charge in [-0.3, -0.25) is 9.63 Å². The van der Waals surface area contributed by atoms with Crippen LogP contribution < -0.4 is 10.2 Å². The van der Waals surface area contributed by atoms with Crippen molar-refractivity contribution < 1.29 is 18.9 Å². The lowest BCUT2D eigenvalue weighted by Gasteiger charge is -2.09. The number of amides is 1. The summed E-state index contributed by atoms with van der Waals surface area (Å²) in [7, 11) is 0. The maximum Gasteiger partial charge on any atom is 0.275 e. The predicted molar refractivity (Wildman–Crippen MR) is 107 cm³/mol. The van der Waals surface area contributed by atoms with E-state index in [4.69, 9.17) is 14.1 Å². The molecule has 0 spiro atoms. The van der Waals surface area contributed by atoms with E-state index < -0.39 is 5.91 Å². The molecule has 2 heterocycles. The molecule has 0 aliphatic carbocycles. The van der Waals surface area contributed by atoms with Crippen molar-refractivity contribution in [3.8, 4) is 17.0 Å². The summed E-state index contributed by atoms with van der Waals surface area (Å²) < 4.78 is 10.8. The number of carbonyl (C=O) groups is 1. The SMILES string of the molecule is Cc1noc2nc(-c3ccccc3)cc(C(=O)NOCCOc3ccccc3)c12. The topological polar surface area (TPSA) is 86.5 Å². The van der Waals surface area contributed by atoms with Gasteiger partial charge in [0, 0.05) is 5.56 Å². The Bertz CT molecular complexity index is 1110. The van der Waals surface area contributed by atoms with Crippen LogP contribution in [0.15, 0.2) is 71.3 Å². The van der Waals surface area contributed by atoms with Crippen molar-refractivity contribution in [2.24, 2.45) is 0 Å². The summed E-state index contributed by atoms with van der Waals surface area (Å²) in [6.07, 6.45) is 0. The van der Waals surface area contributed by atoms with E-state index in [-0.39, 0.29) is 6.61 Å². The van der Waals surface area contributed by atoms with Crippen molar-refractivity contribution in [2.75, 3.05) is 13.2 Å². The Labute approximate surface area is 167 Å². The van der Waals surface area contributed by atoms with Crippen LogP contribution in [0.2, 0.25) is 0 Å². The normalized spacial score (nSPS) is 10.8. The van der Waals surface area contributed by atoms with Crippen molar-refractivity contribution in [3.05, 3.63) is 78.0 Å². The fourth-order valence-electron chi connectivity index (χ4n) is 2.92. The zero-order valence-corrected chi connectivity index (χ0v) is 15.8. The second-order valence-corrected chi connectivity index (χ2v) is 6.31. The van der Waals surface area contributed by atoms with E-state index in [2.05, 4.69) is 15.6 Å². The van der Waals surface area contributed by atoms with Crippen LogP contribution in [0.3, 0.4) is 0 Å². The molecule has 7 heteroatoms. The van der Waals surface area contributed by atoms with Crippen LogP contribution in [0.4, 0.5) is 0 Å². The molecule has 4 rings (SSSR count). The first-order valence-corrected chi connectivity index (χ1v) is 9.15. The van der Waals surface area contributed by atoms with Gasteiger partial charge in [0.05, 0.1) is 22.3 Å². The predicted octanol–water partition coefficient (Wildman–Crippen LogP) is 3.94. The average Bonchev–Trinajstić information content (AvgIpc) is 3.15. The van der Waals surface area contributed by atoms with E-state index in [1.165, 1.54) is 0 Å². The Morgan fingerprint density at radius 2 is 1.76 bits per heavy atom. The lowest BCUT2D eigenvalue weighted by atomic mass is 10.1. The quantitative estimate of drug-likeness (QED) is 0.381. The lowest BCUT2D eigenvalue weighted by molar-refractivity contribution is 0.0201. The maximum absolute atomic E-state index is 12.8. The molecule has 7 nitrogen and oxygen atoms in total. The Morgan fingerprint density at radius 3 is 2.52 bits per heavy atom. The van der Waals surface area contributed by atoms with Gasteiger partial charge in [-0.05, 0) is 25.1 Å². The molecule has 0 radical (unpaired) electrons. The Hall–Kier alpha value is -3.71. The van der Waals surface area contributed by atoms with Crippen LogP contribution >= 0.6 is 0 Å². The smallest absolute Gasteiger partial charge is 0.275 e. The largest absolute Gasteiger partial charge is 0.491 e. The minimum absolute atomic E-state index is 0.197. The van der Waals surface area contributed by atoms with Gasteiger partial charge >= 0.3 is 0 Å². The number of pyridine rings is 1. The average molecular weight is 389 g/mol. The van der Waals surface area contributed by atoms with Gasteiger partial charge in [-0.25, -0.2) is 10.5 Å². The molecule has 1 amide bonds. The van der Waals surface area contributed by atoms with Crippen LogP contribution in [0, 0.1) is 6.92 Å². The molecule has 0 atom stereocenters. The summed E-state index contributed by atoms with van der Waals surface area (Å²) >= 11 is 0. The number of fused-ring (bicyclic) bond motifs is 1. The molecule has 0 saturated heterocycles. The summed E-state index contributed by atoms with van der Waals surface area (Å²) in [6, 6.07) is 20.7. The molecule has 2 aromatic carbocycles. The minimum atomic E-state index is -0.402. The molecule has 1 N–H and O–H groups in total. The molecule has 0 saturated carbocycles. The third-order valence-electron chi connectivity index (χ3n) is 4.29. The van der Waals surface area contributed by atoms with Crippen LogP contribution in [0.1, 0.15) is 16.1 Å². The molecule has 0 unspecified atom stereocenters. The van der Waals surface area contributed by atoms with Crippen molar-refractivity contribution >= 4 is 17.0 Å². The number of aryl methyl sites for hydroxylation is 1. The van der Waals surface area contributed by atoms with Gasteiger partial charge in [0.2, 0.25) is 0 Å². The summed E-state index contributed by atoms with van der Waals surface area (Å²) in [4.78, 5) is 22.5. The molecule has 0 aliphatic rings. The molecule has 2 aromatic heterocycles. The Balaban J connectivity index is 1.47. The highest BCUT2D eigenvalue weighted by atomic mass is 16.7. The van der Waals surface area contributed by atoms with Crippen LogP contribution in [-0.4, -0.2) is 29.3 Å². The highest BCUT2D eigenvalue weighted by Gasteiger charge is 2.19. The summed E-state index contributed by atoms with van der Waals surface area (Å²) in [5.41, 5.74) is 5.22. The number of benzene rings is 2. The Kier molecular flexibility index (Phi) is 5.49. The number of ether oxygens (including phenoxy) is 1. The van der Waals surface area contributed by atoms with Gasteiger partial charge in [0.15, 0.2) is 0 Å². The van der Waals surface area contributed by atoms with Crippen LogP contribution in [0.5, 0.6) is 5.75 Å². The van der Waals surface area contributed by atoms with E-state index in [0.717, 1.165) is 11.3 Å². The van der Waals surface area contributed by atoms with Gasteiger partial charge < -0.3 is 9.26 Å². The Morgan fingerprint density at radius 1 is 1.03 bits per heavy atom. The highest BCUT2D eigenvalue weighted by Crippen LogP contribution is 2.26. The molecular formula is C22H19N3O4. The maximum atomic E-state index is 12.8. The van der Waals surface area contributed by atoms with Crippen LogP contribution in [-0.2, 0) is 4.84 Å². The highest BCUT2D eigenvalue weighted by molar-refractivity contribution is 6.06. The number of rotatable bonds is 7. The number of hydrogen-bond acceptors (Lipinski definition) is 6. The first kappa shape index (κ1) is 18.6. The zero-order valence-electron chi connectivity index (χ0n) is 15.8. The number of hydroxylamine groups is 1. The first-order chi connectivity index (χ1) is 14.2. The summed E-state index contributed by atoms with van der Waals surface area (Å²) in [5, 5.41) is 4.50. The van der Waals surface area contributed by atoms with Gasteiger partial charge in [0.25, 0.3) is 11.6 Å². The van der Waals surface area contributed by atoms with Crippen molar-refractivity contribution in [1.29, 1.82) is 0 Å². The first-order valence-electron chi connectivity index (χ1n) is 9.15. The summed E-state index contributed by atoms with van der Waals surface area (Å²) in [6.45, 7) is 2.27. The zero-order chi connectivity index (χ0) is 20.1. The molecule has 0 aliphatic heterocycles. The standard InChI is InChI=1S/C22H19N3O4/c1-15-20-18(21(26)25-28-13-12-27-17-10-6-3-7-11-17)14-19(23-22(20)29-24-15)16-8-4-2-5-9-16/h2-11,14H,12-13H2,1H3,(H,25,26). The summed E-state index contributed by atoms with van der Waals surface area (Å²) in [5.74, 6) is 0.339. The van der Waals surface area contributed by atoms with E-state index in [9.17, 15) is 4.79 Å². The second-order valence-electron chi connectivity index (χ2n) is 6.31. The van der Waals surface area contributed by atoms with Gasteiger partial charge in [0.1, 0.15) is 19.0 Å². The van der Waals surface area contributed by atoms with Gasteiger partial charge in [-0.15, -0.1) is 0 Å². The number of carbonyl (C=O) groups excluding carboxylic acids is 1. The number of hydrogen-bond donors (Lipinski definition) is 1. The molecule has 4 aromatic rings. The second kappa shape index (κ2) is 8.53. The molecule has 0 bridgehead atoms. The van der Waals surface area contributed by atoms with Crippen molar-refractivity contribution in [2.45, 2.75) is 6.92 Å². The van der Waals surface area contributed by atoms with Crippen molar-refractivity contribution in [3.63, 3.8) is 0 Å². The third kappa shape index (κ3) is 4.25. The minimum Gasteiger partial charge on any atom is -0.491 e. The third-order valence-corrected chi connectivity index (χ3v) is 4.29. The fourth-order valence-corrected chi connectivity index (χ4v) is 2.92. The molecule has 0 fully saturated rings. The van der Waals surface area contributed by atoms with Crippen LogP contribution in [0.25, 0.3) is 22.4 Å². The number of para-hydroxylation sites is 1. The van der Waals surface area contributed by atoms with E-state index >= 15 is 0 Å². The van der Waals surface area contributed by atoms with E-state index in [1.54, 1.807) is 13.0 Å². The number of aromatic nitrogens is 2. The molecular weight excluding hydrogens is 370 g/mol. The monoisotopic (exact) mass is 389 g/mol. The fraction of sp³-hybridized carbons (Fsp3) is 0.136. The number of nitrogens with zero attached hydrogens (tertiary/aromatic N) is 2. The molecule has 29 heavy (non-hydrogen) atoms. The number of nitrogens with one attached hydrogen (secondary N) is 1.